The van der Waals surface area contributed by atoms with Gasteiger partial charge in [-0.1, -0.05) is 36.4 Å². The maximum atomic E-state index is 12.4. The highest BCUT2D eigenvalue weighted by molar-refractivity contribution is 6.07. The third-order valence-electron chi connectivity index (χ3n) is 3.19. The van der Waals surface area contributed by atoms with Crippen LogP contribution in [-0.2, 0) is 6.42 Å². The number of nitrogens with zero attached hydrogens (tertiary/aromatic N) is 1. The smallest absolute Gasteiger partial charge is 0.260 e. The summed E-state index contributed by atoms with van der Waals surface area (Å²) in [5.74, 6) is -0.159. The molecule has 90 valence electrons. The molecule has 0 saturated heterocycles. The zero-order valence-corrected chi connectivity index (χ0v) is 9.78. The number of hydrogen-bond donors (Lipinski definition) is 1. The fourth-order valence-corrected chi connectivity index (χ4v) is 2.33. The Kier molecular flexibility index (Phi) is 2.61. The van der Waals surface area contributed by atoms with Gasteiger partial charge in [0.15, 0.2) is 0 Å². The Morgan fingerprint density at radius 3 is 2.50 bits per heavy atom. The van der Waals surface area contributed by atoms with E-state index in [1.165, 1.54) is 4.90 Å². The van der Waals surface area contributed by atoms with Crippen LogP contribution in [0.25, 0.3) is 0 Å². The quantitative estimate of drug-likeness (QED) is 0.828. The van der Waals surface area contributed by atoms with Crippen molar-refractivity contribution in [2.24, 2.45) is 0 Å². The van der Waals surface area contributed by atoms with Crippen molar-refractivity contribution in [3.05, 3.63) is 65.7 Å². The number of aliphatic hydroxyl groups is 1. The van der Waals surface area contributed by atoms with Crippen molar-refractivity contribution in [2.75, 3.05) is 4.90 Å². The van der Waals surface area contributed by atoms with Gasteiger partial charge < -0.3 is 5.11 Å². The maximum absolute atomic E-state index is 12.4. The predicted octanol–water partition coefficient (Wildman–Crippen LogP) is 2.21. The van der Waals surface area contributed by atoms with E-state index >= 15 is 0 Å². The molecule has 2 aromatic rings. The third-order valence-corrected chi connectivity index (χ3v) is 3.19. The van der Waals surface area contributed by atoms with Crippen LogP contribution in [0.4, 0.5) is 5.69 Å². The molecule has 0 aromatic heterocycles. The topological polar surface area (TPSA) is 40.5 Å². The molecule has 3 rings (SSSR count). The predicted molar refractivity (Wildman–Crippen MR) is 69.4 cm³/mol. The number of para-hydroxylation sites is 1. The van der Waals surface area contributed by atoms with Crippen molar-refractivity contribution in [2.45, 2.75) is 12.6 Å². The van der Waals surface area contributed by atoms with Crippen molar-refractivity contribution in [1.82, 2.24) is 0 Å². The van der Waals surface area contributed by atoms with Crippen molar-refractivity contribution in [1.29, 1.82) is 0 Å². The maximum Gasteiger partial charge on any atom is 0.260 e. The van der Waals surface area contributed by atoms with Gasteiger partial charge >= 0.3 is 0 Å². The van der Waals surface area contributed by atoms with E-state index in [-0.39, 0.29) is 5.91 Å². The van der Waals surface area contributed by atoms with Crippen molar-refractivity contribution >= 4 is 11.6 Å². The summed E-state index contributed by atoms with van der Waals surface area (Å²) in [4.78, 5) is 13.8. The van der Waals surface area contributed by atoms with Crippen LogP contribution in [0, 0.1) is 0 Å². The van der Waals surface area contributed by atoms with Crippen molar-refractivity contribution in [3.63, 3.8) is 0 Å². The monoisotopic (exact) mass is 239 g/mol. The second-order valence-electron chi connectivity index (χ2n) is 4.35. The van der Waals surface area contributed by atoms with Crippen LogP contribution < -0.4 is 4.90 Å². The highest BCUT2D eigenvalue weighted by Gasteiger charge is 2.32. The van der Waals surface area contributed by atoms with E-state index in [9.17, 15) is 9.90 Å². The van der Waals surface area contributed by atoms with Gasteiger partial charge in [-0.15, -0.1) is 0 Å². The average molecular weight is 239 g/mol. The third kappa shape index (κ3) is 1.69. The minimum absolute atomic E-state index is 0.159. The molecule has 1 N–H and O–H groups in total. The highest BCUT2D eigenvalue weighted by Crippen LogP contribution is 2.32. The summed E-state index contributed by atoms with van der Waals surface area (Å²) in [5, 5.41) is 10.0. The van der Waals surface area contributed by atoms with Gasteiger partial charge in [0.05, 0.1) is 0 Å². The van der Waals surface area contributed by atoms with Gasteiger partial charge in [-0.3, -0.25) is 9.69 Å². The molecule has 1 aliphatic rings. The lowest BCUT2D eigenvalue weighted by Gasteiger charge is -2.21. The molecule has 1 heterocycles. The van der Waals surface area contributed by atoms with Gasteiger partial charge in [0.2, 0.25) is 0 Å². The molecule has 2 aromatic carbocycles. The standard InChI is InChI=1S/C15H13NO2/c17-14-10-12-8-4-5-9-13(12)16(14)15(18)11-6-2-1-3-7-11/h1-9,14,17H,10H2. The Bertz CT molecular complexity index is 580. The molecular formula is C15H13NO2. The Morgan fingerprint density at radius 2 is 1.72 bits per heavy atom. The lowest BCUT2D eigenvalue weighted by Crippen LogP contribution is -2.37. The molecule has 1 aliphatic heterocycles. The van der Waals surface area contributed by atoms with Gasteiger partial charge in [-0.25, -0.2) is 0 Å². The summed E-state index contributed by atoms with van der Waals surface area (Å²) >= 11 is 0. The number of benzene rings is 2. The largest absolute Gasteiger partial charge is 0.373 e. The molecule has 0 aliphatic carbocycles. The fraction of sp³-hybridized carbons (Fsp3) is 0.133. The molecule has 0 spiro atoms. The van der Waals surface area contributed by atoms with E-state index in [0.29, 0.717) is 12.0 Å². The minimum Gasteiger partial charge on any atom is -0.373 e. The van der Waals surface area contributed by atoms with Crippen LogP contribution >= 0.6 is 0 Å². The fourth-order valence-electron chi connectivity index (χ4n) is 2.33. The van der Waals surface area contributed by atoms with E-state index in [1.54, 1.807) is 12.1 Å². The number of rotatable bonds is 1. The lowest BCUT2D eigenvalue weighted by molar-refractivity contribution is 0.0904. The zero-order chi connectivity index (χ0) is 12.5. The Hall–Kier alpha value is -2.13. The molecule has 0 fully saturated rings. The van der Waals surface area contributed by atoms with Crippen LogP contribution in [0.2, 0.25) is 0 Å². The average Bonchev–Trinajstić information content (AvgIpc) is 2.75. The second kappa shape index (κ2) is 4.27. The number of hydrogen-bond acceptors (Lipinski definition) is 2. The Balaban J connectivity index is 2.00. The van der Waals surface area contributed by atoms with Crippen LogP contribution in [0.3, 0.4) is 0 Å². The van der Waals surface area contributed by atoms with E-state index in [2.05, 4.69) is 0 Å². The summed E-state index contributed by atoms with van der Waals surface area (Å²) in [7, 11) is 0. The summed E-state index contributed by atoms with van der Waals surface area (Å²) < 4.78 is 0. The Labute approximate surface area is 105 Å². The molecule has 0 bridgehead atoms. The highest BCUT2D eigenvalue weighted by atomic mass is 16.3. The minimum atomic E-state index is -0.768. The number of amides is 1. The number of carbonyl (C=O) groups excluding carboxylic acids is 1. The molecule has 1 atom stereocenters. The van der Waals surface area contributed by atoms with E-state index < -0.39 is 6.23 Å². The van der Waals surface area contributed by atoms with Gasteiger partial charge in [0.25, 0.3) is 5.91 Å². The number of carbonyl (C=O) groups is 1. The number of anilines is 1. The van der Waals surface area contributed by atoms with Gasteiger partial charge in [-0.05, 0) is 23.8 Å². The van der Waals surface area contributed by atoms with Gasteiger partial charge in [0, 0.05) is 17.7 Å². The molecule has 3 heteroatoms. The number of fused-ring (bicyclic) bond motifs is 1. The molecule has 18 heavy (non-hydrogen) atoms. The molecule has 0 saturated carbocycles. The van der Waals surface area contributed by atoms with E-state index in [4.69, 9.17) is 0 Å². The van der Waals surface area contributed by atoms with E-state index in [1.807, 2.05) is 42.5 Å². The summed E-state index contributed by atoms with van der Waals surface area (Å²) in [6.45, 7) is 0. The summed E-state index contributed by atoms with van der Waals surface area (Å²) in [6.07, 6.45) is -0.274. The normalized spacial score (nSPS) is 17.6. The second-order valence-corrected chi connectivity index (χ2v) is 4.35. The lowest BCUT2D eigenvalue weighted by atomic mass is 10.1. The van der Waals surface area contributed by atoms with Gasteiger partial charge in [0.1, 0.15) is 6.23 Å². The van der Waals surface area contributed by atoms with Crippen LogP contribution in [0.5, 0.6) is 0 Å². The first-order valence-corrected chi connectivity index (χ1v) is 5.92. The summed E-state index contributed by atoms with van der Waals surface area (Å²) in [6, 6.07) is 16.6. The number of aliphatic hydroxyl groups excluding tert-OH is 1. The SMILES string of the molecule is O=C(c1ccccc1)N1c2ccccc2CC1O. The molecular weight excluding hydrogens is 226 g/mol. The molecule has 1 amide bonds. The zero-order valence-electron chi connectivity index (χ0n) is 9.78. The van der Waals surface area contributed by atoms with Crippen molar-refractivity contribution in [3.8, 4) is 0 Å². The van der Waals surface area contributed by atoms with Crippen LogP contribution in [0.1, 0.15) is 15.9 Å². The Morgan fingerprint density at radius 1 is 1.06 bits per heavy atom. The molecule has 3 nitrogen and oxygen atoms in total. The first-order valence-electron chi connectivity index (χ1n) is 5.92. The molecule has 1 unspecified atom stereocenters. The van der Waals surface area contributed by atoms with Gasteiger partial charge in [-0.2, -0.15) is 0 Å². The first kappa shape index (κ1) is 11.0. The first-order chi connectivity index (χ1) is 8.77. The van der Waals surface area contributed by atoms with E-state index in [0.717, 1.165) is 11.3 Å². The summed E-state index contributed by atoms with van der Waals surface area (Å²) in [5.41, 5.74) is 2.40. The van der Waals surface area contributed by atoms with Crippen molar-refractivity contribution < 1.29 is 9.90 Å². The van der Waals surface area contributed by atoms with Crippen LogP contribution in [0.15, 0.2) is 54.6 Å². The molecule has 0 radical (unpaired) electrons. The van der Waals surface area contributed by atoms with Crippen LogP contribution in [-0.4, -0.2) is 17.2 Å².